The average molecular weight is 510 g/mol. The fraction of sp³-hybridized carbons (Fsp3) is 0.500. The van der Waals surface area contributed by atoms with Crippen molar-refractivity contribution in [2.45, 2.75) is 24.9 Å². The maximum absolute atomic E-state index is 10.4. The lowest BCUT2D eigenvalue weighted by Gasteiger charge is -2.13. The van der Waals surface area contributed by atoms with Gasteiger partial charge >= 0.3 is 23.5 Å². The van der Waals surface area contributed by atoms with Crippen LogP contribution in [0.1, 0.15) is 12.6 Å². The van der Waals surface area contributed by atoms with Crippen LogP contribution < -0.4 is 0 Å². The van der Waals surface area contributed by atoms with E-state index in [1.807, 2.05) is 0 Å². The number of aromatic nitrogens is 4. The summed E-state index contributed by atoms with van der Waals surface area (Å²) in [6.45, 7) is -0.246. The highest BCUT2D eigenvalue weighted by molar-refractivity contribution is 7.66. The summed E-state index contributed by atoms with van der Waals surface area (Å²) in [7, 11) is -16.2. The van der Waals surface area contributed by atoms with E-state index in [0.717, 1.165) is 0 Å². The van der Waals surface area contributed by atoms with Gasteiger partial charge < -0.3 is 44.5 Å². The van der Waals surface area contributed by atoms with Crippen molar-refractivity contribution in [1.29, 1.82) is 0 Å². The van der Waals surface area contributed by atoms with Gasteiger partial charge in [0.05, 0.1) is 19.0 Å². The summed E-state index contributed by atoms with van der Waals surface area (Å²) in [4.78, 5) is 51.9. The predicted octanol–water partition coefficient (Wildman–Crippen LogP) is -1.52. The molecule has 0 aromatic carbocycles. The molecule has 0 amide bonds. The van der Waals surface area contributed by atoms with Crippen molar-refractivity contribution in [1.82, 2.24) is 19.5 Å². The zero-order valence-electron chi connectivity index (χ0n) is 15.0. The molecular formula is C10H17N4O14P3. The highest BCUT2D eigenvalue weighted by atomic mass is 31.3. The van der Waals surface area contributed by atoms with Crippen LogP contribution in [0.5, 0.6) is 5.88 Å². The highest BCUT2D eigenvalue weighted by Gasteiger charge is 2.38. The van der Waals surface area contributed by atoms with Gasteiger partial charge in [-0.2, -0.15) is 13.6 Å². The number of hydrogen-bond donors (Lipinski definition) is 8. The van der Waals surface area contributed by atoms with Crippen LogP contribution in [-0.2, 0) is 27.1 Å². The van der Waals surface area contributed by atoms with Crippen molar-refractivity contribution < 1.29 is 66.8 Å². The monoisotopic (exact) mass is 510 g/mol. The predicted molar refractivity (Wildman–Crippen MR) is 94.7 cm³/mol. The van der Waals surface area contributed by atoms with Gasteiger partial charge in [-0.1, -0.05) is 0 Å². The molecule has 8 N–H and O–H groups in total. The normalized spacial score (nSPS) is 22.4. The maximum atomic E-state index is 10.4. The minimum absolute atomic E-state index is 0.198. The molecule has 0 radical (unpaired) electrons. The molecule has 2 aromatic rings. The molecule has 0 bridgehead atoms. The maximum Gasteiger partial charge on any atom is 0.490 e. The van der Waals surface area contributed by atoms with E-state index in [1.165, 1.54) is 12.7 Å². The highest BCUT2D eigenvalue weighted by Crippen LogP contribution is 2.64. The van der Waals surface area contributed by atoms with Gasteiger partial charge in [0.1, 0.15) is 18.7 Å². The zero-order chi connectivity index (χ0) is 23.6. The number of aromatic hydroxyl groups is 1. The second-order valence-electron chi connectivity index (χ2n) is 5.75. The van der Waals surface area contributed by atoms with E-state index < -0.39 is 41.9 Å². The molecule has 0 aliphatic carbocycles. The first-order valence-electron chi connectivity index (χ1n) is 7.79. The first kappa shape index (κ1) is 25.9. The topological polar surface area (TPSA) is 284 Å². The molecule has 3 rings (SSSR count). The fourth-order valence-corrected chi connectivity index (χ4v) is 4.92. The Kier molecular flexibility index (Phi) is 8.05. The van der Waals surface area contributed by atoms with Gasteiger partial charge in [0.2, 0.25) is 5.88 Å². The van der Waals surface area contributed by atoms with Crippen molar-refractivity contribution in [3.05, 3.63) is 12.7 Å². The molecule has 1 aliphatic rings. The van der Waals surface area contributed by atoms with Crippen LogP contribution in [0.3, 0.4) is 0 Å². The summed E-state index contributed by atoms with van der Waals surface area (Å²) in [5.74, 6) is -0.198. The number of hydrogen-bond acceptors (Lipinski definition) is 12. The van der Waals surface area contributed by atoms with Gasteiger partial charge in [0.15, 0.2) is 11.2 Å². The van der Waals surface area contributed by atoms with Gasteiger partial charge in [0.25, 0.3) is 0 Å². The summed E-state index contributed by atoms with van der Waals surface area (Å²) in [6, 6.07) is 0. The molecular weight excluding hydrogens is 493 g/mol. The molecule has 176 valence electrons. The Morgan fingerprint density at radius 3 is 2.13 bits per heavy atom. The van der Waals surface area contributed by atoms with E-state index in [1.54, 1.807) is 4.57 Å². The summed E-state index contributed by atoms with van der Waals surface area (Å²) in [5, 5.41) is 28.2. The number of imidazole rings is 1. The van der Waals surface area contributed by atoms with Crippen LogP contribution >= 0.6 is 23.5 Å². The van der Waals surface area contributed by atoms with Gasteiger partial charge in [-0.25, -0.2) is 23.7 Å². The van der Waals surface area contributed by atoms with Crippen molar-refractivity contribution >= 4 is 34.6 Å². The number of fused-ring (bicyclic) bond motifs is 1. The van der Waals surface area contributed by atoms with E-state index in [2.05, 4.69) is 23.6 Å². The third-order valence-corrected chi connectivity index (χ3v) is 6.81. The second kappa shape index (κ2) is 9.64. The van der Waals surface area contributed by atoms with Crippen LogP contribution in [0.2, 0.25) is 0 Å². The van der Waals surface area contributed by atoms with E-state index >= 15 is 0 Å². The van der Waals surface area contributed by atoms with E-state index in [-0.39, 0.29) is 18.0 Å². The SMILES string of the molecule is O=P(O)(O)OP(=O)(O)OP(=O)(O)O.OC[C@H]1O[C@@H](n2cnc3c(O)ncnc32)C[C@@H]1O. The minimum Gasteiger partial charge on any atom is -0.492 e. The van der Waals surface area contributed by atoms with Crippen molar-refractivity contribution in [3.63, 3.8) is 0 Å². The van der Waals surface area contributed by atoms with Crippen LogP contribution in [0.4, 0.5) is 0 Å². The molecule has 1 aliphatic heterocycles. The third kappa shape index (κ3) is 7.62. The molecule has 31 heavy (non-hydrogen) atoms. The van der Waals surface area contributed by atoms with E-state index in [9.17, 15) is 23.9 Å². The Bertz CT molecular complexity index is 1020. The molecule has 0 saturated carbocycles. The fourth-order valence-electron chi connectivity index (χ4n) is 2.38. The van der Waals surface area contributed by atoms with Crippen LogP contribution in [-0.4, -0.2) is 78.1 Å². The number of aliphatic hydroxyl groups excluding tert-OH is 2. The first-order valence-corrected chi connectivity index (χ1v) is 12.3. The standard InChI is InChI=1S/C10H12N4O4.H5O10P3/c15-2-6-5(16)1-7(18-6)14-4-13-8-9(14)11-3-12-10(8)17;1-11(2,3)9-13(7,8)10-12(4,5)6/h3-7,15-16H,1-2H2,(H,11,12,17);(H,7,8)(H2,1,2,3)(H2,4,5,6)/t5-,6+,7+;/m0./s1. The Balaban J connectivity index is 0.000000235. The Labute approximate surface area is 171 Å². The first-order chi connectivity index (χ1) is 14.1. The Morgan fingerprint density at radius 2 is 1.65 bits per heavy atom. The quantitative estimate of drug-likeness (QED) is 0.205. The number of phosphoric acid groups is 3. The van der Waals surface area contributed by atoms with Gasteiger partial charge in [-0.3, -0.25) is 4.57 Å². The van der Waals surface area contributed by atoms with E-state index in [0.29, 0.717) is 12.1 Å². The molecule has 2 aromatic heterocycles. The second-order valence-corrected chi connectivity index (χ2v) is 9.95. The molecule has 21 heteroatoms. The lowest BCUT2D eigenvalue weighted by molar-refractivity contribution is -0.0432. The van der Waals surface area contributed by atoms with Crippen molar-refractivity contribution in [3.8, 4) is 5.88 Å². The molecule has 18 nitrogen and oxygen atoms in total. The van der Waals surface area contributed by atoms with Gasteiger partial charge in [0, 0.05) is 6.42 Å². The molecule has 3 heterocycles. The molecule has 0 spiro atoms. The van der Waals surface area contributed by atoms with Crippen LogP contribution in [0, 0.1) is 0 Å². The number of rotatable bonds is 6. The molecule has 0 unspecified atom stereocenters. The van der Waals surface area contributed by atoms with Gasteiger partial charge in [-0.05, 0) is 0 Å². The Morgan fingerprint density at radius 1 is 1.06 bits per heavy atom. The summed E-state index contributed by atoms with van der Waals surface area (Å²) in [5.41, 5.74) is 0.710. The molecule has 1 fully saturated rings. The van der Waals surface area contributed by atoms with Crippen molar-refractivity contribution in [2.75, 3.05) is 6.61 Å². The minimum atomic E-state index is -5.46. The van der Waals surface area contributed by atoms with Crippen molar-refractivity contribution in [2.24, 2.45) is 0 Å². The smallest absolute Gasteiger partial charge is 0.490 e. The number of ether oxygens (including phenoxy) is 1. The molecule has 3 atom stereocenters. The van der Waals surface area contributed by atoms with Gasteiger partial charge in [-0.15, -0.1) is 0 Å². The Hall–Kier alpha value is -1.36. The summed E-state index contributed by atoms with van der Waals surface area (Å²) < 4.78 is 43.5. The lowest BCUT2D eigenvalue weighted by atomic mass is 10.2. The molecule has 1 saturated heterocycles. The van der Waals surface area contributed by atoms with Crippen LogP contribution in [0.25, 0.3) is 11.2 Å². The number of nitrogens with zero attached hydrogens (tertiary/aromatic N) is 4. The summed E-state index contributed by atoms with van der Waals surface area (Å²) in [6.07, 6.45) is 1.23. The zero-order valence-corrected chi connectivity index (χ0v) is 17.6. The average Bonchev–Trinajstić information content (AvgIpc) is 3.14. The summed E-state index contributed by atoms with van der Waals surface area (Å²) >= 11 is 0. The third-order valence-electron chi connectivity index (χ3n) is 3.45. The number of aliphatic hydroxyl groups is 2. The lowest BCUT2D eigenvalue weighted by Crippen LogP contribution is -2.24. The largest absolute Gasteiger partial charge is 0.492 e. The van der Waals surface area contributed by atoms with Crippen LogP contribution in [0.15, 0.2) is 12.7 Å². The van der Waals surface area contributed by atoms with E-state index in [4.69, 9.17) is 34.3 Å².